The smallest absolute Gasteiger partial charge is 0.382 e. The molecule has 1 atom stereocenters. The number of amides is 1. The minimum atomic E-state index is -4.86. The molecule has 150 valence electrons. The summed E-state index contributed by atoms with van der Waals surface area (Å²) in [4.78, 5) is 20.3. The molecule has 3 aromatic rings. The van der Waals surface area contributed by atoms with E-state index in [4.69, 9.17) is 5.73 Å². The summed E-state index contributed by atoms with van der Waals surface area (Å²) in [7, 11) is -3.14. The number of carbonyl (C=O) groups excluding carboxylic acids is 1. The molecule has 1 unspecified atom stereocenters. The first-order chi connectivity index (χ1) is 13.6. The first-order valence-corrected chi connectivity index (χ1v) is 9.39. The number of benzene rings is 2. The summed E-state index contributed by atoms with van der Waals surface area (Å²) in [6.07, 6.45) is 1.44. The highest BCUT2D eigenvalue weighted by molar-refractivity contribution is 7.86. The minimum absolute atomic E-state index is 0.0897. The number of aromatic nitrogens is 2. The Morgan fingerprint density at radius 1 is 1.07 bits per heavy atom. The number of alkyl halides is 3. The van der Waals surface area contributed by atoms with Gasteiger partial charge in [0.05, 0.1) is 11.9 Å². The molecule has 29 heavy (non-hydrogen) atoms. The number of nitrogens with one attached hydrogen (secondary N) is 1. The number of nitrogens with two attached hydrogens (primary N) is 1. The van der Waals surface area contributed by atoms with E-state index < -0.39 is 27.1 Å². The zero-order chi connectivity index (χ0) is 21.2. The molecular weight excluding hydrogens is 405 g/mol. The Balaban J connectivity index is 1.81. The van der Waals surface area contributed by atoms with Crippen LogP contribution in [0.15, 0.2) is 59.6 Å². The summed E-state index contributed by atoms with van der Waals surface area (Å²) < 4.78 is 48.9. The quantitative estimate of drug-likeness (QED) is 0.667. The number of carbonyl (C=O) groups is 1. The number of rotatable bonds is 4. The lowest BCUT2D eigenvalue weighted by atomic mass is 10.1. The van der Waals surface area contributed by atoms with Gasteiger partial charge in [-0.2, -0.15) is 13.2 Å². The minimum Gasteiger partial charge on any atom is -0.382 e. The van der Waals surface area contributed by atoms with Gasteiger partial charge < -0.3 is 11.1 Å². The van der Waals surface area contributed by atoms with Crippen LogP contribution in [0.3, 0.4) is 0 Å². The topological polar surface area (TPSA) is 98.0 Å². The summed E-state index contributed by atoms with van der Waals surface area (Å²) in [6, 6.07) is 11.9. The predicted molar refractivity (Wildman–Crippen MR) is 103 cm³/mol. The van der Waals surface area contributed by atoms with Crippen molar-refractivity contribution in [2.75, 3.05) is 11.1 Å². The summed E-state index contributed by atoms with van der Waals surface area (Å²) in [5, 5.41) is 2.49. The molecule has 1 heterocycles. The maximum atomic E-state index is 12.5. The number of hydrogen-bond acceptors (Lipinski definition) is 5. The molecule has 0 aliphatic rings. The highest BCUT2D eigenvalue weighted by atomic mass is 32.2. The lowest BCUT2D eigenvalue weighted by molar-refractivity contribution is -0.0384. The molecule has 2 aromatic carbocycles. The fourth-order valence-corrected chi connectivity index (χ4v) is 3.07. The number of anilines is 2. The molecule has 10 heteroatoms. The zero-order valence-corrected chi connectivity index (χ0v) is 15.8. The lowest BCUT2D eigenvalue weighted by Gasteiger charge is -2.10. The second-order valence-corrected chi connectivity index (χ2v) is 7.52. The average molecular weight is 420 g/mol. The molecule has 0 spiro atoms. The van der Waals surface area contributed by atoms with E-state index in [-0.39, 0.29) is 17.2 Å². The van der Waals surface area contributed by atoms with Gasteiger partial charge in [0.15, 0.2) is 22.3 Å². The number of nitrogen functional groups attached to an aromatic ring is 1. The molecule has 3 rings (SSSR count). The van der Waals surface area contributed by atoms with Crippen molar-refractivity contribution < 1.29 is 22.2 Å². The van der Waals surface area contributed by atoms with Crippen LogP contribution in [-0.2, 0) is 10.8 Å². The van der Waals surface area contributed by atoms with Crippen LogP contribution in [0.5, 0.6) is 0 Å². The fourth-order valence-electron chi connectivity index (χ4n) is 2.41. The zero-order valence-electron chi connectivity index (χ0n) is 15.0. The van der Waals surface area contributed by atoms with Crippen LogP contribution in [0, 0.1) is 6.92 Å². The first kappa shape index (κ1) is 20.5. The molecule has 3 N–H and O–H groups in total. The van der Waals surface area contributed by atoms with Crippen LogP contribution in [0.4, 0.5) is 24.7 Å². The monoisotopic (exact) mass is 420 g/mol. The van der Waals surface area contributed by atoms with Crippen LogP contribution >= 0.6 is 0 Å². The van der Waals surface area contributed by atoms with Gasteiger partial charge in [-0.3, -0.25) is 4.79 Å². The Labute approximate surface area is 166 Å². The van der Waals surface area contributed by atoms with E-state index in [1.54, 1.807) is 0 Å². The third kappa shape index (κ3) is 4.77. The largest absolute Gasteiger partial charge is 0.475 e. The molecule has 0 bridgehead atoms. The average Bonchev–Trinajstić information content (AvgIpc) is 2.68. The molecule has 0 aliphatic heterocycles. The summed E-state index contributed by atoms with van der Waals surface area (Å²) in [5.74, 6) is -0.762. The summed E-state index contributed by atoms with van der Waals surface area (Å²) in [5.41, 5.74) is 3.23. The van der Waals surface area contributed by atoms with Crippen molar-refractivity contribution in [1.82, 2.24) is 9.97 Å². The first-order valence-electron chi connectivity index (χ1n) is 8.25. The molecule has 6 nitrogen and oxygen atoms in total. The van der Waals surface area contributed by atoms with Gasteiger partial charge >= 0.3 is 5.51 Å². The van der Waals surface area contributed by atoms with Gasteiger partial charge in [-0.1, -0.05) is 29.8 Å². The molecule has 1 aromatic heterocycles. The predicted octanol–water partition coefficient (Wildman–Crippen LogP) is 3.91. The van der Waals surface area contributed by atoms with E-state index in [2.05, 4.69) is 15.3 Å². The van der Waals surface area contributed by atoms with E-state index in [0.717, 1.165) is 23.3 Å². The van der Waals surface area contributed by atoms with Crippen molar-refractivity contribution in [3.8, 4) is 11.3 Å². The van der Waals surface area contributed by atoms with Crippen molar-refractivity contribution in [3.05, 3.63) is 66.0 Å². The Morgan fingerprint density at radius 3 is 2.28 bits per heavy atom. The van der Waals surface area contributed by atoms with E-state index in [1.807, 2.05) is 31.2 Å². The van der Waals surface area contributed by atoms with Crippen molar-refractivity contribution in [2.24, 2.45) is 0 Å². The van der Waals surface area contributed by atoms with Gasteiger partial charge in [-0.15, -0.1) is 0 Å². The van der Waals surface area contributed by atoms with Crippen LogP contribution in [-0.4, -0.2) is 25.6 Å². The fraction of sp³-hybridized carbons (Fsp3) is 0.105. The maximum Gasteiger partial charge on any atom is 0.475 e. The normalized spacial score (nSPS) is 12.4. The van der Waals surface area contributed by atoms with Crippen molar-refractivity contribution in [1.29, 1.82) is 0 Å². The van der Waals surface area contributed by atoms with E-state index in [9.17, 15) is 22.2 Å². The van der Waals surface area contributed by atoms with Gasteiger partial charge in [0.2, 0.25) is 0 Å². The van der Waals surface area contributed by atoms with Crippen LogP contribution in [0.25, 0.3) is 11.3 Å². The van der Waals surface area contributed by atoms with Gasteiger partial charge in [-0.25, -0.2) is 14.2 Å². The second kappa shape index (κ2) is 8.00. The standard InChI is InChI=1S/C19H15F3N4O2S/c1-11-2-4-12(5-3-11)15-10-24-17(23)16(26-15)18(27)25-13-6-8-14(9-7-13)29(28)19(20,21)22/h2-10H,1H3,(H2,23,24)(H,25,27). The summed E-state index contributed by atoms with van der Waals surface area (Å²) >= 11 is 0. The van der Waals surface area contributed by atoms with Crippen LogP contribution in [0.1, 0.15) is 16.1 Å². The Kier molecular flexibility index (Phi) is 5.64. The molecule has 0 aliphatic carbocycles. The van der Waals surface area contributed by atoms with E-state index in [0.29, 0.717) is 5.69 Å². The third-order valence-electron chi connectivity index (χ3n) is 3.90. The van der Waals surface area contributed by atoms with Crippen molar-refractivity contribution in [2.45, 2.75) is 17.3 Å². The van der Waals surface area contributed by atoms with Crippen molar-refractivity contribution >= 4 is 28.2 Å². The summed E-state index contributed by atoms with van der Waals surface area (Å²) in [6.45, 7) is 1.94. The molecule has 0 saturated heterocycles. The molecular formula is C19H15F3N4O2S. The number of nitrogens with zero attached hydrogens (tertiary/aromatic N) is 2. The molecule has 0 saturated carbocycles. The lowest BCUT2D eigenvalue weighted by Crippen LogP contribution is -2.18. The highest BCUT2D eigenvalue weighted by Gasteiger charge is 2.37. The van der Waals surface area contributed by atoms with Gasteiger partial charge in [0.25, 0.3) is 5.91 Å². The Morgan fingerprint density at radius 2 is 1.69 bits per heavy atom. The molecule has 0 fully saturated rings. The number of halogens is 3. The van der Waals surface area contributed by atoms with Crippen molar-refractivity contribution in [3.63, 3.8) is 0 Å². The second-order valence-electron chi connectivity index (χ2n) is 6.05. The molecule has 0 radical (unpaired) electrons. The maximum absolute atomic E-state index is 12.5. The van der Waals surface area contributed by atoms with Gasteiger partial charge in [-0.05, 0) is 31.2 Å². The van der Waals surface area contributed by atoms with Crippen LogP contribution < -0.4 is 11.1 Å². The van der Waals surface area contributed by atoms with E-state index >= 15 is 0 Å². The molecule has 1 amide bonds. The number of hydrogen-bond donors (Lipinski definition) is 2. The highest BCUT2D eigenvalue weighted by Crippen LogP contribution is 2.27. The Bertz CT molecular complexity index is 1070. The third-order valence-corrected chi connectivity index (χ3v) is 5.02. The SMILES string of the molecule is Cc1ccc(-c2cnc(N)c(C(=O)Nc3ccc(S(=O)C(F)(F)F)cc3)n2)cc1. The van der Waals surface area contributed by atoms with Gasteiger partial charge in [0, 0.05) is 16.1 Å². The number of aryl methyl sites for hydroxylation is 1. The van der Waals surface area contributed by atoms with E-state index in [1.165, 1.54) is 18.3 Å². The van der Waals surface area contributed by atoms with Gasteiger partial charge in [0.1, 0.15) is 0 Å². The Hall–Kier alpha value is -3.27. The van der Waals surface area contributed by atoms with Crippen LogP contribution in [0.2, 0.25) is 0 Å².